The molecule has 0 radical (unpaired) electrons. The number of carbonyl (C=O) groups excluding carboxylic acids is 2. The van der Waals surface area contributed by atoms with E-state index < -0.39 is 5.97 Å². The molecule has 8 heteroatoms. The van der Waals surface area contributed by atoms with E-state index in [2.05, 4.69) is 0 Å². The Kier molecular flexibility index (Phi) is 7.10. The summed E-state index contributed by atoms with van der Waals surface area (Å²) < 4.78 is 34.3. The standard InChI is InChI=1S/C34H26O8/c1-4-39-22-14-16-26-25(18-22)30(33(42-26)20-9-6-5-7-10-20)34(36)40-23-13-15-24-28(19-23)41-29(31(24)35)17-21-11-8-12-27(37-2)32(21)38-3/h5-19H,4H2,1-3H3/b29-17-. The molecule has 1 aromatic heterocycles. The van der Waals surface area contributed by atoms with E-state index in [1.54, 1.807) is 54.6 Å². The average molecular weight is 563 g/mol. The van der Waals surface area contributed by atoms with Crippen LogP contribution in [0.5, 0.6) is 28.7 Å². The molecule has 0 unspecified atom stereocenters. The molecule has 0 aliphatic carbocycles. The van der Waals surface area contributed by atoms with E-state index in [-0.39, 0.29) is 28.6 Å². The van der Waals surface area contributed by atoms with Gasteiger partial charge in [0, 0.05) is 22.6 Å². The summed E-state index contributed by atoms with van der Waals surface area (Å²) in [5.74, 6) is 1.66. The van der Waals surface area contributed by atoms with Gasteiger partial charge in [0.15, 0.2) is 17.3 Å². The van der Waals surface area contributed by atoms with Crippen LogP contribution in [0.15, 0.2) is 95.1 Å². The summed E-state index contributed by atoms with van der Waals surface area (Å²) in [4.78, 5) is 26.8. The summed E-state index contributed by atoms with van der Waals surface area (Å²) in [6.07, 6.45) is 1.59. The van der Waals surface area contributed by atoms with E-state index in [1.807, 2.05) is 37.3 Å². The molecule has 0 spiro atoms. The zero-order valence-electron chi connectivity index (χ0n) is 23.1. The summed E-state index contributed by atoms with van der Waals surface area (Å²) in [6, 6.07) is 24.6. The highest BCUT2D eigenvalue weighted by Gasteiger charge is 2.30. The van der Waals surface area contributed by atoms with E-state index in [0.717, 1.165) is 5.56 Å². The number of furan rings is 1. The minimum absolute atomic E-state index is 0.107. The molecular weight excluding hydrogens is 536 g/mol. The number of hydrogen-bond donors (Lipinski definition) is 0. The summed E-state index contributed by atoms with van der Waals surface area (Å²) in [5.41, 5.74) is 2.48. The average Bonchev–Trinajstić information content (AvgIpc) is 3.54. The van der Waals surface area contributed by atoms with E-state index in [1.165, 1.54) is 20.3 Å². The maximum atomic E-state index is 13.7. The number of methoxy groups -OCH3 is 2. The number of ether oxygens (including phenoxy) is 5. The number of allylic oxidation sites excluding steroid dienone is 1. The van der Waals surface area contributed by atoms with Crippen molar-refractivity contribution in [1.29, 1.82) is 0 Å². The van der Waals surface area contributed by atoms with Crippen LogP contribution >= 0.6 is 0 Å². The number of ketones is 1. The van der Waals surface area contributed by atoms with Gasteiger partial charge in [-0.25, -0.2) is 4.79 Å². The predicted octanol–water partition coefficient (Wildman–Crippen LogP) is 7.35. The molecule has 1 aliphatic rings. The van der Waals surface area contributed by atoms with E-state index in [9.17, 15) is 9.59 Å². The van der Waals surface area contributed by atoms with Crippen LogP contribution in [0.4, 0.5) is 0 Å². The fourth-order valence-corrected chi connectivity index (χ4v) is 4.88. The molecule has 210 valence electrons. The number of rotatable bonds is 8. The van der Waals surface area contributed by atoms with Gasteiger partial charge in [0.05, 0.1) is 26.4 Å². The first-order valence-corrected chi connectivity index (χ1v) is 13.3. The van der Waals surface area contributed by atoms with Gasteiger partial charge in [-0.15, -0.1) is 0 Å². The van der Waals surface area contributed by atoms with Crippen LogP contribution < -0.4 is 23.7 Å². The molecule has 1 aliphatic heterocycles. The molecular formula is C34H26O8. The van der Waals surface area contributed by atoms with Gasteiger partial charge >= 0.3 is 5.97 Å². The zero-order chi connectivity index (χ0) is 29.2. The first-order chi connectivity index (χ1) is 20.5. The first kappa shape index (κ1) is 26.7. The molecule has 0 fully saturated rings. The fraction of sp³-hybridized carbons (Fsp3) is 0.118. The number of benzene rings is 4. The number of esters is 1. The highest BCUT2D eigenvalue weighted by atomic mass is 16.5. The van der Waals surface area contributed by atoms with Crippen molar-refractivity contribution >= 4 is 28.8 Å². The second-order valence-electron chi connectivity index (χ2n) is 9.33. The van der Waals surface area contributed by atoms with Crippen molar-refractivity contribution in [3.63, 3.8) is 0 Å². The molecule has 42 heavy (non-hydrogen) atoms. The maximum absolute atomic E-state index is 13.7. The van der Waals surface area contributed by atoms with Gasteiger partial charge in [-0.2, -0.15) is 0 Å². The van der Waals surface area contributed by atoms with Gasteiger partial charge < -0.3 is 28.1 Å². The van der Waals surface area contributed by atoms with Crippen molar-refractivity contribution in [3.05, 3.63) is 107 Å². The Bertz CT molecular complexity index is 1850. The number of para-hydroxylation sites is 1. The molecule has 6 rings (SSSR count). The van der Waals surface area contributed by atoms with Crippen molar-refractivity contribution in [3.8, 4) is 40.1 Å². The third-order valence-corrected chi connectivity index (χ3v) is 6.78. The zero-order valence-corrected chi connectivity index (χ0v) is 23.1. The molecule has 8 nitrogen and oxygen atoms in total. The van der Waals surface area contributed by atoms with Crippen LogP contribution in [0, 0.1) is 0 Å². The number of hydrogen-bond acceptors (Lipinski definition) is 8. The minimum Gasteiger partial charge on any atom is -0.494 e. The molecule has 4 aromatic carbocycles. The van der Waals surface area contributed by atoms with Crippen LogP contribution in [0.2, 0.25) is 0 Å². The lowest BCUT2D eigenvalue weighted by Crippen LogP contribution is -2.09. The van der Waals surface area contributed by atoms with Gasteiger partial charge in [-0.05, 0) is 49.4 Å². The fourth-order valence-electron chi connectivity index (χ4n) is 4.88. The van der Waals surface area contributed by atoms with Crippen molar-refractivity contribution in [2.45, 2.75) is 6.92 Å². The van der Waals surface area contributed by atoms with Gasteiger partial charge in [0.1, 0.15) is 34.2 Å². The second-order valence-corrected chi connectivity index (χ2v) is 9.33. The Morgan fingerprint density at radius 3 is 2.45 bits per heavy atom. The molecule has 0 saturated heterocycles. The number of fused-ring (bicyclic) bond motifs is 2. The Morgan fingerprint density at radius 1 is 0.881 bits per heavy atom. The molecule has 0 N–H and O–H groups in total. The predicted molar refractivity (Wildman–Crippen MR) is 157 cm³/mol. The Morgan fingerprint density at radius 2 is 1.69 bits per heavy atom. The van der Waals surface area contributed by atoms with Crippen LogP contribution in [0.1, 0.15) is 33.2 Å². The Labute approximate surface area is 241 Å². The van der Waals surface area contributed by atoms with Crippen molar-refractivity contribution < 1.29 is 37.7 Å². The lowest BCUT2D eigenvalue weighted by molar-refractivity contribution is 0.0736. The van der Waals surface area contributed by atoms with Crippen LogP contribution in [0.3, 0.4) is 0 Å². The minimum atomic E-state index is -0.623. The highest BCUT2D eigenvalue weighted by Crippen LogP contribution is 2.39. The monoisotopic (exact) mass is 562 g/mol. The van der Waals surface area contributed by atoms with Crippen LogP contribution in [-0.2, 0) is 0 Å². The van der Waals surface area contributed by atoms with Crippen molar-refractivity contribution in [2.24, 2.45) is 0 Å². The maximum Gasteiger partial charge on any atom is 0.348 e. The molecule has 2 heterocycles. The molecule has 5 aromatic rings. The second kappa shape index (κ2) is 11.2. The summed E-state index contributed by atoms with van der Waals surface area (Å²) in [7, 11) is 3.06. The highest BCUT2D eigenvalue weighted by molar-refractivity contribution is 6.15. The Hall–Kier alpha value is -5.50. The lowest BCUT2D eigenvalue weighted by atomic mass is 10.1. The Balaban J connectivity index is 1.33. The normalized spacial score (nSPS) is 13.1. The van der Waals surface area contributed by atoms with Crippen molar-refractivity contribution in [2.75, 3.05) is 20.8 Å². The van der Waals surface area contributed by atoms with Crippen molar-refractivity contribution in [1.82, 2.24) is 0 Å². The summed E-state index contributed by atoms with van der Waals surface area (Å²) in [5, 5.41) is 0.565. The van der Waals surface area contributed by atoms with Crippen LogP contribution in [-0.4, -0.2) is 32.6 Å². The number of Topliss-reactive ketones (excluding diaryl/α,β-unsaturated/α-hetero) is 1. The van der Waals surface area contributed by atoms with Gasteiger partial charge in [0.25, 0.3) is 0 Å². The number of carbonyl (C=O) groups is 2. The smallest absolute Gasteiger partial charge is 0.348 e. The quantitative estimate of drug-likeness (QED) is 0.110. The third-order valence-electron chi connectivity index (χ3n) is 6.78. The van der Waals surface area contributed by atoms with E-state index >= 15 is 0 Å². The SMILES string of the molecule is CCOc1ccc2oc(-c3ccccc3)c(C(=O)Oc3ccc4c(c3)O/C(=C\c3cccc(OC)c3OC)C4=O)c2c1. The molecule has 0 atom stereocenters. The lowest BCUT2D eigenvalue weighted by Gasteiger charge is -2.10. The topological polar surface area (TPSA) is 93.4 Å². The third kappa shape index (κ3) is 4.83. The first-order valence-electron chi connectivity index (χ1n) is 13.3. The molecule has 0 amide bonds. The van der Waals surface area contributed by atoms with E-state index in [4.69, 9.17) is 28.1 Å². The van der Waals surface area contributed by atoms with E-state index in [0.29, 0.717) is 51.7 Å². The van der Waals surface area contributed by atoms with Gasteiger partial charge in [0.2, 0.25) is 5.78 Å². The molecule has 0 saturated carbocycles. The van der Waals surface area contributed by atoms with Gasteiger partial charge in [-0.1, -0.05) is 42.5 Å². The largest absolute Gasteiger partial charge is 0.494 e. The van der Waals surface area contributed by atoms with Crippen LogP contribution in [0.25, 0.3) is 28.4 Å². The molecule has 0 bridgehead atoms. The summed E-state index contributed by atoms with van der Waals surface area (Å²) in [6.45, 7) is 2.36. The van der Waals surface area contributed by atoms with Gasteiger partial charge in [-0.3, -0.25) is 4.79 Å². The summed E-state index contributed by atoms with van der Waals surface area (Å²) >= 11 is 0.